The molecule has 0 saturated carbocycles. The summed E-state index contributed by atoms with van der Waals surface area (Å²) in [5, 5.41) is 8.28. The highest BCUT2D eigenvalue weighted by atomic mass is 35.5. The highest BCUT2D eigenvalue weighted by Gasteiger charge is 2.35. The number of sulfonamides is 1. The molecule has 1 atom stereocenters. The van der Waals surface area contributed by atoms with E-state index in [0.29, 0.717) is 43.8 Å². The molecule has 0 radical (unpaired) electrons. The lowest BCUT2D eigenvalue weighted by Crippen LogP contribution is -2.36. The SMILES string of the molecule is CC(NC(=O)c1nn(-c2ccc(Cl)cc2Cl)c2c1CN(S(C)(=O)=O)C/C2=C\c1ccc(F)cc1)c1ccccn1. The van der Waals surface area contributed by atoms with E-state index in [2.05, 4.69) is 15.4 Å². The molecule has 4 aromatic rings. The van der Waals surface area contributed by atoms with E-state index in [1.54, 1.807) is 61.7 Å². The summed E-state index contributed by atoms with van der Waals surface area (Å²) in [6.45, 7) is 1.72. The Labute approximate surface area is 241 Å². The second-order valence-electron chi connectivity index (χ2n) is 9.39. The number of nitrogens with zero attached hydrogens (tertiary/aromatic N) is 4. The van der Waals surface area contributed by atoms with Crippen molar-refractivity contribution in [2.75, 3.05) is 12.8 Å². The van der Waals surface area contributed by atoms with Gasteiger partial charge in [0, 0.05) is 29.9 Å². The van der Waals surface area contributed by atoms with Gasteiger partial charge in [-0.1, -0.05) is 41.4 Å². The van der Waals surface area contributed by atoms with Crippen molar-refractivity contribution in [1.29, 1.82) is 0 Å². The highest BCUT2D eigenvalue weighted by molar-refractivity contribution is 7.88. The molecule has 0 bridgehead atoms. The number of benzene rings is 2. The zero-order valence-corrected chi connectivity index (χ0v) is 23.8. The maximum atomic E-state index is 13.6. The third-order valence-electron chi connectivity index (χ3n) is 6.48. The van der Waals surface area contributed by atoms with Crippen LogP contribution < -0.4 is 5.32 Å². The average molecular weight is 601 g/mol. The van der Waals surface area contributed by atoms with Crippen LogP contribution in [0.1, 0.15) is 46.0 Å². The summed E-state index contributed by atoms with van der Waals surface area (Å²) >= 11 is 12.7. The van der Waals surface area contributed by atoms with Crippen molar-refractivity contribution in [2.24, 2.45) is 0 Å². The Bertz CT molecular complexity index is 1720. The quantitative estimate of drug-likeness (QED) is 0.315. The molecule has 3 heterocycles. The van der Waals surface area contributed by atoms with Crippen molar-refractivity contribution in [3.8, 4) is 5.69 Å². The Morgan fingerprint density at radius 3 is 2.50 bits per heavy atom. The number of fused-ring (bicyclic) bond motifs is 1. The van der Waals surface area contributed by atoms with Gasteiger partial charge in [0.2, 0.25) is 10.0 Å². The smallest absolute Gasteiger partial charge is 0.272 e. The van der Waals surface area contributed by atoms with Gasteiger partial charge in [-0.3, -0.25) is 9.78 Å². The fraction of sp³-hybridized carbons (Fsp3) is 0.179. The van der Waals surface area contributed by atoms with Crippen LogP contribution in [0.4, 0.5) is 4.39 Å². The molecule has 0 fully saturated rings. The zero-order valence-electron chi connectivity index (χ0n) is 21.5. The minimum Gasteiger partial charge on any atom is -0.343 e. The van der Waals surface area contributed by atoms with E-state index in [0.717, 1.165) is 6.26 Å². The van der Waals surface area contributed by atoms with Crippen LogP contribution >= 0.6 is 23.2 Å². The number of hydrogen-bond acceptors (Lipinski definition) is 5. The molecule has 1 amide bonds. The van der Waals surface area contributed by atoms with Gasteiger partial charge in [0.05, 0.1) is 34.4 Å². The number of aromatic nitrogens is 3. The molecule has 1 unspecified atom stereocenters. The fourth-order valence-corrected chi connectivity index (χ4v) is 5.74. The summed E-state index contributed by atoms with van der Waals surface area (Å²) in [4.78, 5) is 17.9. The van der Waals surface area contributed by atoms with Crippen molar-refractivity contribution in [3.05, 3.63) is 111 Å². The number of amides is 1. The number of carbonyl (C=O) groups excluding carboxylic acids is 1. The monoisotopic (exact) mass is 599 g/mol. The largest absolute Gasteiger partial charge is 0.343 e. The van der Waals surface area contributed by atoms with Crippen LogP contribution in [-0.2, 0) is 16.6 Å². The van der Waals surface area contributed by atoms with Gasteiger partial charge in [0.1, 0.15) is 5.82 Å². The lowest BCUT2D eigenvalue weighted by Gasteiger charge is -2.28. The molecule has 1 N–H and O–H groups in total. The summed E-state index contributed by atoms with van der Waals surface area (Å²) in [6.07, 6.45) is 4.49. The van der Waals surface area contributed by atoms with E-state index >= 15 is 0 Å². The van der Waals surface area contributed by atoms with Crippen LogP contribution in [-0.4, -0.2) is 46.2 Å². The molecule has 2 aromatic carbocycles. The molecule has 40 heavy (non-hydrogen) atoms. The Balaban J connectivity index is 1.70. The number of hydrogen-bond donors (Lipinski definition) is 1. The van der Waals surface area contributed by atoms with E-state index in [4.69, 9.17) is 23.2 Å². The molecule has 5 rings (SSSR count). The van der Waals surface area contributed by atoms with Crippen molar-refractivity contribution in [2.45, 2.75) is 19.5 Å². The molecule has 12 heteroatoms. The normalized spacial score (nSPS) is 15.6. The number of rotatable bonds is 6. The van der Waals surface area contributed by atoms with E-state index in [1.165, 1.54) is 21.1 Å². The van der Waals surface area contributed by atoms with Crippen molar-refractivity contribution < 1.29 is 17.6 Å². The molecule has 1 aliphatic heterocycles. The molecule has 1 aliphatic rings. The van der Waals surface area contributed by atoms with Crippen molar-refractivity contribution >= 4 is 50.8 Å². The first-order valence-corrected chi connectivity index (χ1v) is 14.8. The van der Waals surface area contributed by atoms with Gasteiger partial charge in [-0.2, -0.15) is 9.40 Å². The minimum atomic E-state index is -3.67. The number of pyridine rings is 1. The van der Waals surface area contributed by atoms with Crippen molar-refractivity contribution in [3.63, 3.8) is 0 Å². The van der Waals surface area contributed by atoms with Gasteiger partial charge < -0.3 is 5.32 Å². The predicted octanol–water partition coefficient (Wildman–Crippen LogP) is 5.52. The van der Waals surface area contributed by atoms with Gasteiger partial charge in [-0.25, -0.2) is 17.5 Å². The predicted molar refractivity (Wildman–Crippen MR) is 153 cm³/mol. The van der Waals surface area contributed by atoms with Gasteiger partial charge in [0.25, 0.3) is 5.91 Å². The lowest BCUT2D eigenvalue weighted by molar-refractivity contribution is 0.0932. The van der Waals surface area contributed by atoms with Crippen LogP contribution in [0.3, 0.4) is 0 Å². The van der Waals surface area contributed by atoms with Gasteiger partial charge in [0.15, 0.2) is 5.69 Å². The van der Waals surface area contributed by atoms with Gasteiger partial charge in [-0.15, -0.1) is 0 Å². The van der Waals surface area contributed by atoms with E-state index in [9.17, 15) is 17.6 Å². The van der Waals surface area contributed by atoms with Crippen LogP contribution in [0, 0.1) is 5.82 Å². The molecule has 206 valence electrons. The van der Waals surface area contributed by atoms with Gasteiger partial charge in [-0.05, 0) is 66.6 Å². The standard InChI is InChI=1S/C28H24Cl2FN5O3S/c1-17(24-5-3-4-12-32-24)33-28(37)26-22-16-35(40(2,38)39)15-19(13-18-6-9-21(31)10-7-18)27(22)36(34-26)25-11-8-20(29)14-23(25)30/h3-14,17H,15-16H2,1-2H3,(H,33,37)/b19-13+. The molecule has 0 aliphatic carbocycles. The summed E-state index contributed by atoms with van der Waals surface area (Å²) in [6, 6.07) is 15.6. The lowest BCUT2D eigenvalue weighted by atomic mass is 9.98. The van der Waals surface area contributed by atoms with Crippen LogP contribution in [0.25, 0.3) is 17.3 Å². The van der Waals surface area contributed by atoms with Crippen molar-refractivity contribution in [1.82, 2.24) is 24.4 Å². The van der Waals surface area contributed by atoms with Gasteiger partial charge >= 0.3 is 0 Å². The van der Waals surface area contributed by atoms with E-state index in [1.807, 2.05) is 6.07 Å². The zero-order chi connectivity index (χ0) is 28.6. The second-order valence-corrected chi connectivity index (χ2v) is 12.2. The first kappa shape index (κ1) is 28.0. The Morgan fingerprint density at radius 1 is 1.10 bits per heavy atom. The summed E-state index contributed by atoms with van der Waals surface area (Å²) < 4.78 is 41.9. The summed E-state index contributed by atoms with van der Waals surface area (Å²) in [5.41, 5.74) is 3.26. The number of carbonyl (C=O) groups is 1. The topological polar surface area (TPSA) is 97.2 Å². The molecule has 0 saturated heterocycles. The maximum Gasteiger partial charge on any atom is 0.272 e. The third-order valence-corrected chi connectivity index (χ3v) is 8.21. The number of halogens is 3. The molecular formula is C28H24Cl2FN5O3S. The molecule has 8 nitrogen and oxygen atoms in total. The summed E-state index contributed by atoms with van der Waals surface area (Å²) in [7, 11) is -3.67. The van der Waals surface area contributed by atoms with Crippen LogP contribution in [0.5, 0.6) is 0 Å². The van der Waals surface area contributed by atoms with E-state index < -0.39 is 27.8 Å². The molecule has 2 aromatic heterocycles. The molecular weight excluding hydrogens is 576 g/mol. The van der Waals surface area contributed by atoms with Crippen LogP contribution in [0.2, 0.25) is 10.0 Å². The Kier molecular flexibility index (Phi) is 7.78. The third kappa shape index (κ3) is 5.80. The first-order valence-electron chi connectivity index (χ1n) is 12.2. The van der Waals surface area contributed by atoms with Crippen LogP contribution in [0.15, 0.2) is 66.9 Å². The highest BCUT2D eigenvalue weighted by Crippen LogP contribution is 2.36. The second kappa shape index (κ2) is 11.1. The van der Waals surface area contributed by atoms with E-state index in [-0.39, 0.29) is 18.8 Å². The minimum absolute atomic E-state index is 0.00547. The average Bonchev–Trinajstić information content (AvgIpc) is 3.30. The molecule has 0 spiro atoms. The Morgan fingerprint density at radius 2 is 1.85 bits per heavy atom. The first-order chi connectivity index (χ1) is 19.0. The Hall–Kier alpha value is -3.57. The number of nitrogens with one attached hydrogen (secondary N) is 1. The maximum absolute atomic E-state index is 13.6. The fourth-order valence-electron chi connectivity index (χ4n) is 4.52. The summed E-state index contributed by atoms with van der Waals surface area (Å²) in [5.74, 6) is -0.905.